The van der Waals surface area contributed by atoms with E-state index in [1.165, 1.54) is 0 Å². The van der Waals surface area contributed by atoms with Crippen LogP contribution < -0.4 is 11.4 Å². The molecule has 2 rings (SSSR count). The van der Waals surface area contributed by atoms with E-state index in [2.05, 4.69) is 20.9 Å². The van der Waals surface area contributed by atoms with E-state index in [-0.39, 0.29) is 11.7 Å². The summed E-state index contributed by atoms with van der Waals surface area (Å²) >= 11 is 3.39. The lowest BCUT2D eigenvalue weighted by atomic mass is 10.3. The maximum absolute atomic E-state index is 11.7. The molecule has 15 heavy (non-hydrogen) atoms. The standard InChI is InChI=1S/C10H12BrN3O/c1-6(5-12)14-9-4-7(11)2-3-8(9)13-10(14)15/h2-4,6H,5,12H2,1H3,(H,13,15). The van der Waals surface area contributed by atoms with Gasteiger partial charge in [0, 0.05) is 17.1 Å². The lowest BCUT2D eigenvalue weighted by Gasteiger charge is -2.10. The monoisotopic (exact) mass is 269 g/mol. The number of nitrogens with two attached hydrogens (primary N) is 1. The molecule has 1 unspecified atom stereocenters. The van der Waals surface area contributed by atoms with Crippen molar-refractivity contribution in [1.82, 2.24) is 9.55 Å². The van der Waals surface area contributed by atoms with Gasteiger partial charge in [-0.2, -0.15) is 0 Å². The fourth-order valence-electron chi connectivity index (χ4n) is 1.64. The minimum absolute atomic E-state index is 0.000509. The first-order valence-electron chi connectivity index (χ1n) is 4.73. The van der Waals surface area contributed by atoms with Crippen LogP contribution in [0, 0.1) is 0 Å². The summed E-state index contributed by atoms with van der Waals surface area (Å²) in [4.78, 5) is 14.5. The Balaban J connectivity index is 2.76. The van der Waals surface area contributed by atoms with E-state index in [9.17, 15) is 4.79 Å². The Kier molecular flexibility index (Phi) is 2.67. The summed E-state index contributed by atoms with van der Waals surface area (Å²) in [6, 6.07) is 5.69. The number of imidazole rings is 1. The highest BCUT2D eigenvalue weighted by atomic mass is 79.9. The first-order valence-corrected chi connectivity index (χ1v) is 5.52. The molecule has 1 heterocycles. The van der Waals surface area contributed by atoms with E-state index in [4.69, 9.17) is 5.73 Å². The Bertz CT molecular complexity index is 543. The maximum Gasteiger partial charge on any atom is 0.326 e. The Labute approximate surface area is 95.2 Å². The molecule has 3 N–H and O–H groups in total. The smallest absolute Gasteiger partial charge is 0.326 e. The molecule has 0 saturated heterocycles. The van der Waals surface area contributed by atoms with Gasteiger partial charge in [0.1, 0.15) is 0 Å². The molecular weight excluding hydrogens is 258 g/mol. The fourth-order valence-corrected chi connectivity index (χ4v) is 1.99. The second-order valence-electron chi connectivity index (χ2n) is 3.55. The molecule has 0 amide bonds. The molecule has 0 radical (unpaired) electrons. The number of halogens is 1. The van der Waals surface area contributed by atoms with Crippen LogP contribution in [0.2, 0.25) is 0 Å². The zero-order valence-corrected chi connectivity index (χ0v) is 9.91. The van der Waals surface area contributed by atoms with Gasteiger partial charge in [0.2, 0.25) is 0 Å². The predicted octanol–water partition coefficient (Wildman–Crippen LogP) is 1.61. The van der Waals surface area contributed by atoms with Gasteiger partial charge in [-0.05, 0) is 25.1 Å². The Morgan fingerprint density at radius 3 is 3.00 bits per heavy atom. The molecule has 0 spiro atoms. The lowest BCUT2D eigenvalue weighted by molar-refractivity contribution is 0.557. The fraction of sp³-hybridized carbons (Fsp3) is 0.300. The third-order valence-corrected chi connectivity index (χ3v) is 2.95. The highest BCUT2D eigenvalue weighted by Gasteiger charge is 2.11. The molecule has 0 fully saturated rings. The molecule has 2 aromatic rings. The van der Waals surface area contributed by atoms with Crippen LogP contribution in [0.3, 0.4) is 0 Å². The number of rotatable bonds is 2. The van der Waals surface area contributed by atoms with Crippen molar-refractivity contribution in [2.24, 2.45) is 5.73 Å². The van der Waals surface area contributed by atoms with Gasteiger partial charge < -0.3 is 10.7 Å². The Morgan fingerprint density at radius 2 is 2.33 bits per heavy atom. The zero-order chi connectivity index (χ0) is 11.0. The summed E-state index contributed by atoms with van der Waals surface area (Å²) < 4.78 is 2.63. The molecule has 1 aromatic carbocycles. The van der Waals surface area contributed by atoms with Crippen molar-refractivity contribution in [2.45, 2.75) is 13.0 Å². The summed E-state index contributed by atoms with van der Waals surface area (Å²) in [5.41, 5.74) is 7.18. The van der Waals surface area contributed by atoms with Crippen LogP contribution in [0.1, 0.15) is 13.0 Å². The summed E-state index contributed by atoms with van der Waals surface area (Å²) in [5.74, 6) is 0. The molecular formula is C10H12BrN3O. The number of nitrogens with zero attached hydrogens (tertiary/aromatic N) is 1. The van der Waals surface area contributed by atoms with Crippen molar-refractivity contribution in [3.8, 4) is 0 Å². The van der Waals surface area contributed by atoms with Gasteiger partial charge in [0.25, 0.3) is 0 Å². The van der Waals surface area contributed by atoms with Crippen molar-refractivity contribution in [3.05, 3.63) is 33.2 Å². The second kappa shape index (κ2) is 3.83. The quantitative estimate of drug-likeness (QED) is 0.870. The maximum atomic E-state index is 11.7. The average Bonchev–Trinajstić information content (AvgIpc) is 2.52. The predicted molar refractivity (Wildman–Crippen MR) is 64.0 cm³/mol. The summed E-state index contributed by atoms with van der Waals surface area (Å²) in [7, 11) is 0. The van der Waals surface area contributed by atoms with Gasteiger partial charge in [-0.1, -0.05) is 15.9 Å². The number of benzene rings is 1. The number of aromatic amines is 1. The van der Waals surface area contributed by atoms with E-state index >= 15 is 0 Å². The minimum atomic E-state index is -0.110. The average molecular weight is 270 g/mol. The van der Waals surface area contributed by atoms with Crippen LogP contribution in [-0.2, 0) is 0 Å². The summed E-state index contributed by atoms with van der Waals surface area (Å²) in [5, 5.41) is 0. The van der Waals surface area contributed by atoms with Crippen LogP contribution in [0.15, 0.2) is 27.5 Å². The number of hydrogen-bond donors (Lipinski definition) is 2. The molecule has 0 bridgehead atoms. The van der Waals surface area contributed by atoms with Gasteiger partial charge in [-0.15, -0.1) is 0 Å². The van der Waals surface area contributed by atoms with Gasteiger partial charge >= 0.3 is 5.69 Å². The van der Waals surface area contributed by atoms with Crippen LogP contribution in [0.5, 0.6) is 0 Å². The summed E-state index contributed by atoms with van der Waals surface area (Å²) in [6.07, 6.45) is 0. The SMILES string of the molecule is CC(CN)n1c(=O)[nH]c2ccc(Br)cc21. The minimum Gasteiger partial charge on any atom is -0.328 e. The number of fused-ring (bicyclic) bond motifs is 1. The molecule has 80 valence electrons. The van der Waals surface area contributed by atoms with E-state index in [1.54, 1.807) is 4.57 Å². The normalized spacial score (nSPS) is 13.3. The van der Waals surface area contributed by atoms with Gasteiger partial charge in [0.05, 0.1) is 11.0 Å². The molecule has 0 aliphatic carbocycles. The van der Waals surface area contributed by atoms with Crippen LogP contribution >= 0.6 is 15.9 Å². The number of hydrogen-bond acceptors (Lipinski definition) is 2. The van der Waals surface area contributed by atoms with Gasteiger partial charge in [-0.3, -0.25) is 4.57 Å². The highest BCUT2D eigenvalue weighted by Crippen LogP contribution is 2.19. The van der Waals surface area contributed by atoms with E-state index in [0.29, 0.717) is 6.54 Å². The van der Waals surface area contributed by atoms with Crippen molar-refractivity contribution in [2.75, 3.05) is 6.54 Å². The number of nitrogens with one attached hydrogen (secondary N) is 1. The van der Waals surface area contributed by atoms with Crippen LogP contribution in [0.4, 0.5) is 0 Å². The lowest BCUT2D eigenvalue weighted by Crippen LogP contribution is -2.25. The van der Waals surface area contributed by atoms with E-state index in [0.717, 1.165) is 15.5 Å². The van der Waals surface area contributed by atoms with Gasteiger partial charge in [0.15, 0.2) is 0 Å². The molecule has 1 atom stereocenters. The molecule has 0 aliphatic rings. The summed E-state index contributed by atoms with van der Waals surface area (Å²) in [6.45, 7) is 2.37. The second-order valence-corrected chi connectivity index (χ2v) is 4.46. The van der Waals surface area contributed by atoms with Crippen molar-refractivity contribution in [1.29, 1.82) is 0 Å². The molecule has 5 heteroatoms. The third kappa shape index (κ3) is 1.72. The zero-order valence-electron chi connectivity index (χ0n) is 8.33. The molecule has 0 aliphatic heterocycles. The van der Waals surface area contributed by atoms with E-state index < -0.39 is 0 Å². The number of aromatic nitrogens is 2. The van der Waals surface area contributed by atoms with Crippen molar-refractivity contribution >= 4 is 27.0 Å². The van der Waals surface area contributed by atoms with Crippen LogP contribution in [0.25, 0.3) is 11.0 Å². The first-order chi connectivity index (χ1) is 7.13. The third-order valence-electron chi connectivity index (χ3n) is 2.46. The highest BCUT2D eigenvalue weighted by molar-refractivity contribution is 9.10. The van der Waals surface area contributed by atoms with E-state index in [1.807, 2.05) is 25.1 Å². The number of H-pyrrole nitrogens is 1. The topological polar surface area (TPSA) is 63.8 Å². The molecule has 0 saturated carbocycles. The van der Waals surface area contributed by atoms with Crippen LogP contribution in [-0.4, -0.2) is 16.1 Å². The van der Waals surface area contributed by atoms with Crippen molar-refractivity contribution < 1.29 is 0 Å². The Morgan fingerprint density at radius 1 is 1.60 bits per heavy atom. The largest absolute Gasteiger partial charge is 0.328 e. The Hall–Kier alpha value is -1.07. The first kappa shape index (κ1) is 10.4. The van der Waals surface area contributed by atoms with Crippen molar-refractivity contribution in [3.63, 3.8) is 0 Å². The van der Waals surface area contributed by atoms with Gasteiger partial charge in [-0.25, -0.2) is 4.79 Å². The molecule has 1 aromatic heterocycles. The molecule has 4 nitrogen and oxygen atoms in total.